The van der Waals surface area contributed by atoms with E-state index in [1.165, 1.54) is 36.0 Å². The van der Waals surface area contributed by atoms with Gasteiger partial charge in [-0.15, -0.1) is 0 Å². The van der Waals surface area contributed by atoms with Gasteiger partial charge in [0.15, 0.2) is 10.3 Å². The highest BCUT2D eigenvalue weighted by atomic mass is 32.2. The zero-order valence-corrected chi connectivity index (χ0v) is 15.5. The lowest BCUT2D eigenvalue weighted by molar-refractivity contribution is 0.621. The Balaban J connectivity index is 2.30. The second-order valence-electron chi connectivity index (χ2n) is 4.98. The Morgan fingerprint density at radius 3 is 2.40 bits per heavy atom. The van der Waals surface area contributed by atoms with Crippen molar-refractivity contribution in [2.75, 3.05) is 0 Å². The maximum absolute atomic E-state index is 13.7. The van der Waals surface area contributed by atoms with Crippen LogP contribution < -0.4 is 16.8 Å². The van der Waals surface area contributed by atoms with E-state index in [0.717, 1.165) is 22.2 Å². The number of benzene rings is 2. The van der Waals surface area contributed by atoms with Crippen LogP contribution in [0.4, 0.5) is 8.78 Å². The number of nitrogens with one attached hydrogen (secondary N) is 2. The van der Waals surface area contributed by atoms with Crippen LogP contribution in [0.2, 0.25) is 0 Å². The van der Waals surface area contributed by atoms with Gasteiger partial charge in [-0.25, -0.2) is 8.78 Å². The fourth-order valence-electron chi connectivity index (χ4n) is 1.98. The number of rotatable bonds is 6. The van der Waals surface area contributed by atoms with E-state index >= 15 is 0 Å². The molecule has 0 aliphatic heterocycles. The van der Waals surface area contributed by atoms with Gasteiger partial charge in [-0.2, -0.15) is 0 Å². The molecule has 0 bridgehead atoms. The second-order valence-corrected chi connectivity index (χ2v) is 7.52. The highest BCUT2D eigenvalue weighted by Crippen LogP contribution is 2.35. The van der Waals surface area contributed by atoms with Crippen LogP contribution in [0, 0.1) is 17.0 Å². The van der Waals surface area contributed by atoms with Crippen molar-refractivity contribution < 1.29 is 8.78 Å². The molecule has 9 heteroatoms. The number of halogens is 2. The Labute approximate surface area is 158 Å². The van der Waals surface area contributed by atoms with E-state index in [0.29, 0.717) is 16.2 Å². The molecule has 0 aliphatic rings. The van der Waals surface area contributed by atoms with Crippen LogP contribution in [0.1, 0.15) is 11.1 Å². The molecule has 0 radical (unpaired) electrons. The van der Waals surface area contributed by atoms with Crippen molar-refractivity contribution in [3.8, 4) is 0 Å². The molecule has 0 aromatic heterocycles. The van der Waals surface area contributed by atoms with Gasteiger partial charge in [0, 0.05) is 22.1 Å². The Hall–Kier alpha value is -1.84. The highest BCUT2D eigenvalue weighted by Gasteiger charge is 2.11. The lowest BCUT2D eigenvalue weighted by atomic mass is 10.2. The largest absolute Gasteiger partial charge is 0.379 e. The average Bonchev–Trinajstić information content (AvgIpc) is 2.54. The van der Waals surface area contributed by atoms with E-state index < -0.39 is 0 Å². The summed E-state index contributed by atoms with van der Waals surface area (Å²) in [6.07, 6.45) is 0. The van der Waals surface area contributed by atoms with Crippen LogP contribution in [-0.2, 0) is 12.3 Å². The van der Waals surface area contributed by atoms with Crippen LogP contribution in [0.15, 0.2) is 46.2 Å². The zero-order valence-electron chi connectivity index (χ0n) is 13.0. The van der Waals surface area contributed by atoms with Gasteiger partial charge in [-0.3, -0.25) is 5.41 Å². The summed E-state index contributed by atoms with van der Waals surface area (Å²) < 4.78 is 27.2. The Morgan fingerprint density at radius 2 is 1.72 bits per heavy atom. The maximum Gasteiger partial charge on any atom is 0.163 e. The molecule has 6 N–H and O–H groups in total. The number of hydrogen-bond acceptors (Lipinski definition) is 4. The Morgan fingerprint density at radius 1 is 1.04 bits per heavy atom. The molecule has 132 valence electrons. The molecule has 0 saturated carbocycles. The standard InChI is InChI=1S/C16H16F2N4S3/c17-11-3-4-13(10(5-11)7-22-16(21)23)25-14-6-12(18)2-1-9(14)8-24-15(19)20/h1-6H,7-8H2,(H3,19,20)(H3,21,22,23). The molecular weight excluding hydrogens is 382 g/mol. The van der Waals surface area contributed by atoms with Gasteiger partial charge in [0.1, 0.15) is 11.6 Å². The predicted octanol–water partition coefficient (Wildman–Crippen LogP) is 3.58. The van der Waals surface area contributed by atoms with Crippen molar-refractivity contribution in [2.45, 2.75) is 22.1 Å². The number of hydrogen-bond donors (Lipinski definition) is 4. The molecule has 0 aliphatic carbocycles. The SMILES string of the molecule is N=C(N)SCc1ccc(F)cc1Sc1ccc(F)cc1CNC(N)=S. The molecule has 0 atom stereocenters. The van der Waals surface area contributed by atoms with Gasteiger partial charge in [-0.1, -0.05) is 29.6 Å². The molecule has 2 rings (SSSR count). The number of nitrogens with two attached hydrogens (primary N) is 2. The van der Waals surface area contributed by atoms with Crippen molar-refractivity contribution in [1.29, 1.82) is 5.41 Å². The summed E-state index contributed by atoms with van der Waals surface area (Å²) in [5.41, 5.74) is 12.3. The molecule has 0 saturated heterocycles. The minimum absolute atomic E-state index is 0.0107. The summed E-state index contributed by atoms with van der Waals surface area (Å²) in [5.74, 6) is -0.306. The topological polar surface area (TPSA) is 87.9 Å². The first-order valence-corrected chi connectivity index (χ1v) is 9.31. The van der Waals surface area contributed by atoms with Gasteiger partial charge >= 0.3 is 0 Å². The molecule has 0 fully saturated rings. The first-order valence-electron chi connectivity index (χ1n) is 7.10. The van der Waals surface area contributed by atoms with E-state index in [1.807, 2.05) is 0 Å². The summed E-state index contributed by atoms with van der Waals surface area (Å²) in [5, 5.41) is 10.2. The summed E-state index contributed by atoms with van der Waals surface area (Å²) in [6.45, 7) is 0.266. The normalized spacial score (nSPS) is 10.5. The van der Waals surface area contributed by atoms with Crippen molar-refractivity contribution >= 4 is 46.0 Å². The van der Waals surface area contributed by atoms with Crippen molar-refractivity contribution in [3.05, 3.63) is 59.2 Å². The van der Waals surface area contributed by atoms with Crippen LogP contribution in [0.25, 0.3) is 0 Å². The lowest BCUT2D eigenvalue weighted by Crippen LogP contribution is -2.28. The fourth-order valence-corrected chi connectivity index (χ4v) is 3.79. The van der Waals surface area contributed by atoms with Crippen LogP contribution >= 0.6 is 35.7 Å². The highest BCUT2D eigenvalue weighted by molar-refractivity contribution is 8.13. The van der Waals surface area contributed by atoms with Crippen molar-refractivity contribution in [1.82, 2.24) is 5.32 Å². The Bertz CT molecular complexity index is 799. The minimum atomic E-state index is -0.379. The smallest absolute Gasteiger partial charge is 0.163 e. The second kappa shape index (κ2) is 9.02. The van der Waals surface area contributed by atoms with Crippen molar-refractivity contribution in [3.63, 3.8) is 0 Å². The molecule has 0 heterocycles. The van der Waals surface area contributed by atoms with Gasteiger partial charge in [-0.05, 0) is 53.7 Å². The summed E-state index contributed by atoms with van der Waals surface area (Å²) >= 11 is 7.25. The molecule has 2 aromatic rings. The quantitative estimate of drug-likeness (QED) is 0.338. The Kier molecular flexibility index (Phi) is 7.03. The molecule has 25 heavy (non-hydrogen) atoms. The van der Waals surface area contributed by atoms with E-state index in [2.05, 4.69) is 5.32 Å². The first kappa shape index (κ1) is 19.5. The molecule has 4 nitrogen and oxygen atoms in total. The fraction of sp³-hybridized carbons (Fsp3) is 0.125. The summed E-state index contributed by atoms with van der Waals surface area (Å²) in [6, 6.07) is 8.79. The molecule has 0 amide bonds. The predicted molar refractivity (Wildman–Crippen MR) is 104 cm³/mol. The van der Waals surface area contributed by atoms with Gasteiger partial charge in [0.2, 0.25) is 0 Å². The zero-order chi connectivity index (χ0) is 18.4. The number of thiocarbonyl (C=S) groups is 1. The molecule has 0 unspecified atom stereocenters. The van der Waals surface area contributed by atoms with Gasteiger partial charge < -0.3 is 16.8 Å². The molecular formula is C16H16F2N4S3. The summed E-state index contributed by atoms with van der Waals surface area (Å²) in [4.78, 5) is 1.43. The average molecular weight is 399 g/mol. The van der Waals surface area contributed by atoms with Crippen molar-refractivity contribution in [2.24, 2.45) is 11.5 Å². The first-order chi connectivity index (χ1) is 11.8. The van der Waals surface area contributed by atoms with Crippen LogP contribution in [0.3, 0.4) is 0 Å². The maximum atomic E-state index is 13.7. The number of amidine groups is 1. The van der Waals surface area contributed by atoms with E-state index in [-0.39, 0.29) is 28.5 Å². The van der Waals surface area contributed by atoms with Gasteiger partial charge in [0.25, 0.3) is 0 Å². The van der Waals surface area contributed by atoms with E-state index in [9.17, 15) is 8.78 Å². The number of thioether (sulfide) groups is 1. The van der Waals surface area contributed by atoms with E-state index in [1.54, 1.807) is 12.1 Å². The van der Waals surface area contributed by atoms with Crippen LogP contribution in [0.5, 0.6) is 0 Å². The van der Waals surface area contributed by atoms with E-state index in [4.69, 9.17) is 29.1 Å². The third kappa shape index (κ3) is 6.18. The monoisotopic (exact) mass is 398 g/mol. The third-order valence-electron chi connectivity index (χ3n) is 3.11. The third-order valence-corrected chi connectivity index (χ3v) is 5.24. The van der Waals surface area contributed by atoms with Crippen LogP contribution in [-0.4, -0.2) is 10.3 Å². The summed E-state index contributed by atoms with van der Waals surface area (Å²) in [7, 11) is 0. The van der Waals surface area contributed by atoms with Gasteiger partial charge in [0.05, 0.1) is 0 Å². The minimum Gasteiger partial charge on any atom is -0.379 e. The molecule has 0 spiro atoms. The lowest BCUT2D eigenvalue weighted by Gasteiger charge is -2.13. The molecule has 2 aromatic carbocycles.